The van der Waals surface area contributed by atoms with Crippen LogP contribution in [0.5, 0.6) is 0 Å². The molecule has 0 radical (unpaired) electrons. The number of hydrogen-bond acceptors (Lipinski definition) is 5. The Morgan fingerprint density at radius 3 is 1.70 bits per heavy atom. The van der Waals surface area contributed by atoms with Crippen molar-refractivity contribution in [3.05, 3.63) is 108 Å². The van der Waals surface area contributed by atoms with Crippen molar-refractivity contribution in [1.82, 2.24) is 10.6 Å². The lowest BCUT2D eigenvalue weighted by atomic mass is 9.98. The van der Waals surface area contributed by atoms with Crippen molar-refractivity contribution >= 4 is 18.0 Å². The normalized spacial score (nSPS) is 13.0. The number of rotatable bonds is 12. The van der Waals surface area contributed by atoms with Gasteiger partial charge in [-0.25, -0.2) is 9.59 Å². The number of carbonyl (C=O) groups excluding carboxylic acids is 3. The maximum Gasteiger partial charge on any atom is 0.408 e. The predicted octanol–water partition coefficient (Wildman–Crippen LogP) is 4.80. The van der Waals surface area contributed by atoms with E-state index in [2.05, 4.69) is 10.6 Å². The molecule has 0 saturated heterocycles. The number of alkyl carbamates (subject to hydrolysis) is 1. The van der Waals surface area contributed by atoms with Crippen molar-refractivity contribution in [3.63, 3.8) is 0 Å². The number of hydrogen-bond donors (Lipinski definition) is 2. The van der Waals surface area contributed by atoms with Crippen molar-refractivity contribution in [3.8, 4) is 0 Å². The Kier molecular flexibility index (Phi) is 10.7. The topological polar surface area (TPSA) is 93.7 Å². The second kappa shape index (κ2) is 14.4. The third kappa shape index (κ3) is 9.11. The van der Waals surface area contributed by atoms with Gasteiger partial charge in [-0.05, 0) is 22.6 Å². The van der Waals surface area contributed by atoms with E-state index >= 15 is 0 Å². The third-order valence-electron chi connectivity index (χ3n) is 6.09. The quantitative estimate of drug-likeness (QED) is 0.347. The largest absolute Gasteiger partial charge is 0.459 e. The highest BCUT2D eigenvalue weighted by Gasteiger charge is 2.31. The number of ether oxygens (including phenoxy) is 2. The van der Waals surface area contributed by atoms with Gasteiger partial charge in [-0.3, -0.25) is 4.79 Å². The van der Waals surface area contributed by atoms with Gasteiger partial charge in [0.2, 0.25) is 5.91 Å². The van der Waals surface area contributed by atoms with Crippen LogP contribution in [0.25, 0.3) is 0 Å². The Labute approximate surface area is 218 Å². The third-order valence-corrected chi connectivity index (χ3v) is 6.09. The minimum Gasteiger partial charge on any atom is -0.459 e. The Bertz CT molecular complexity index is 1120. The van der Waals surface area contributed by atoms with Crippen LogP contribution in [0.2, 0.25) is 0 Å². The fourth-order valence-electron chi connectivity index (χ4n) is 3.71. The highest BCUT2D eigenvalue weighted by atomic mass is 16.5. The molecule has 0 aromatic heterocycles. The van der Waals surface area contributed by atoms with E-state index < -0.39 is 30.1 Å². The fraction of sp³-hybridized carbons (Fsp3) is 0.300. The fourth-order valence-corrected chi connectivity index (χ4v) is 3.71. The van der Waals surface area contributed by atoms with Crippen LogP contribution < -0.4 is 10.6 Å². The van der Waals surface area contributed by atoms with Crippen molar-refractivity contribution in [2.45, 2.75) is 52.0 Å². The molecular weight excluding hydrogens is 468 g/mol. The number of esters is 1. The molecule has 0 saturated carbocycles. The molecule has 194 valence electrons. The summed E-state index contributed by atoms with van der Waals surface area (Å²) in [7, 11) is 0. The zero-order chi connectivity index (χ0) is 26.5. The number of carbonyl (C=O) groups is 3. The molecule has 3 rings (SSSR count). The summed E-state index contributed by atoms with van der Waals surface area (Å²) in [4.78, 5) is 38.9. The molecule has 7 heteroatoms. The first-order valence-electron chi connectivity index (χ1n) is 12.5. The van der Waals surface area contributed by atoms with Gasteiger partial charge in [-0.2, -0.15) is 0 Å². The van der Waals surface area contributed by atoms with E-state index in [4.69, 9.17) is 9.47 Å². The van der Waals surface area contributed by atoms with Crippen molar-refractivity contribution in [2.24, 2.45) is 5.92 Å². The molecule has 0 aliphatic heterocycles. The van der Waals surface area contributed by atoms with Gasteiger partial charge in [0.1, 0.15) is 25.3 Å². The summed E-state index contributed by atoms with van der Waals surface area (Å²) in [6.07, 6.45) is 0.174. The van der Waals surface area contributed by atoms with Crippen molar-refractivity contribution in [2.75, 3.05) is 0 Å². The second-order valence-corrected chi connectivity index (χ2v) is 8.91. The van der Waals surface area contributed by atoms with Crippen LogP contribution in [-0.2, 0) is 38.7 Å². The van der Waals surface area contributed by atoms with Crippen LogP contribution in [0.4, 0.5) is 4.79 Å². The first-order chi connectivity index (χ1) is 18.0. The molecule has 3 aromatic rings. The van der Waals surface area contributed by atoms with Gasteiger partial charge < -0.3 is 20.1 Å². The van der Waals surface area contributed by atoms with E-state index in [0.717, 1.165) is 16.7 Å². The Morgan fingerprint density at radius 2 is 1.19 bits per heavy atom. The smallest absolute Gasteiger partial charge is 0.408 e. The molecule has 0 aliphatic carbocycles. The van der Waals surface area contributed by atoms with Gasteiger partial charge in [0.25, 0.3) is 0 Å². The lowest BCUT2D eigenvalue weighted by molar-refractivity contribution is -0.150. The van der Waals surface area contributed by atoms with E-state index in [1.807, 2.05) is 105 Å². The second-order valence-electron chi connectivity index (χ2n) is 8.91. The van der Waals surface area contributed by atoms with Crippen LogP contribution in [0.3, 0.4) is 0 Å². The first kappa shape index (κ1) is 27.5. The van der Waals surface area contributed by atoms with Crippen molar-refractivity contribution < 1.29 is 23.9 Å². The molecule has 0 heterocycles. The van der Waals surface area contributed by atoms with Crippen LogP contribution in [-0.4, -0.2) is 30.1 Å². The van der Waals surface area contributed by atoms with Crippen LogP contribution >= 0.6 is 0 Å². The maximum atomic E-state index is 13.4. The highest BCUT2D eigenvalue weighted by molar-refractivity contribution is 5.90. The molecule has 2 N–H and O–H groups in total. The van der Waals surface area contributed by atoms with E-state index in [-0.39, 0.29) is 25.6 Å². The molecule has 3 unspecified atom stereocenters. The minimum absolute atomic E-state index is 0.0770. The summed E-state index contributed by atoms with van der Waals surface area (Å²) in [5.74, 6) is -1.17. The van der Waals surface area contributed by atoms with Gasteiger partial charge >= 0.3 is 12.1 Å². The summed E-state index contributed by atoms with van der Waals surface area (Å²) in [6, 6.07) is 26.2. The summed E-state index contributed by atoms with van der Waals surface area (Å²) in [5, 5.41) is 5.49. The van der Waals surface area contributed by atoms with Crippen LogP contribution in [0, 0.1) is 5.92 Å². The first-order valence-corrected chi connectivity index (χ1v) is 12.5. The Balaban J connectivity index is 1.68. The van der Waals surface area contributed by atoms with Gasteiger partial charge in [-0.15, -0.1) is 0 Å². The summed E-state index contributed by atoms with van der Waals surface area (Å²) in [6.45, 7) is 4.01. The molecule has 3 aromatic carbocycles. The lowest BCUT2D eigenvalue weighted by Crippen LogP contribution is -2.54. The van der Waals surface area contributed by atoms with E-state index in [9.17, 15) is 14.4 Å². The number of amides is 2. The van der Waals surface area contributed by atoms with E-state index in [0.29, 0.717) is 6.42 Å². The predicted molar refractivity (Wildman–Crippen MR) is 141 cm³/mol. The van der Waals surface area contributed by atoms with Gasteiger partial charge in [0.05, 0.1) is 0 Å². The Morgan fingerprint density at radius 1 is 0.703 bits per heavy atom. The number of nitrogens with one attached hydrogen (secondary N) is 2. The van der Waals surface area contributed by atoms with E-state index in [1.165, 1.54) is 0 Å². The molecule has 0 spiro atoms. The standard InChI is InChI=1S/C30H34N2O5/c1-3-22(2)27(29(34)36-20-24-15-9-5-10-16-24)32-28(33)26(19-23-13-7-4-8-14-23)31-30(35)37-21-25-17-11-6-12-18-25/h4-18,22,26-27H,3,19-21H2,1-2H3,(H,31,35)(H,32,33). The summed E-state index contributed by atoms with van der Waals surface area (Å²) in [5.41, 5.74) is 2.55. The maximum absolute atomic E-state index is 13.4. The SMILES string of the molecule is CCC(C)C(NC(=O)C(Cc1ccccc1)NC(=O)OCc1ccccc1)C(=O)OCc1ccccc1. The van der Waals surface area contributed by atoms with E-state index in [1.54, 1.807) is 0 Å². The average molecular weight is 503 g/mol. The van der Waals surface area contributed by atoms with Gasteiger partial charge in [0, 0.05) is 6.42 Å². The molecule has 2 amide bonds. The van der Waals surface area contributed by atoms with Gasteiger partial charge in [-0.1, -0.05) is 111 Å². The average Bonchev–Trinajstić information content (AvgIpc) is 2.94. The number of benzene rings is 3. The molecule has 0 bridgehead atoms. The lowest BCUT2D eigenvalue weighted by Gasteiger charge is -2.26. The Hall–Kier alpha value is -4.13. The van der Waals surface area contributed by atoms with Gasteiger partial charge in [0.15, 0.2) is 0 Å². The molecule has 0 fully saturated rings. The van der Waals surface area contributed by atoms with Crippen molar-refractivity contribution in [1.29, 1.82) is 0 Å². The monoisotopic (exact) mass is 502 g/mol. The molecule has 7 nitrogen and oxygen atoms in total. The molecule has 3 atom stereocenters. The van der Waals surface area contributed by atoms with Crippen LogP contribution in [0.1, 0.15) is 37.0 Å². The molecule has 0 aliphatic rings. The minimum atomic E-state index is -0.945. The highest BCUT2D eigenvalue weighted by Crippen LogP contribution is 2.13. The van der Waals surface area contributed by atoms with Crippen LogP contribution in [0.15, 0.2) is 91.0 Å². The molecule has 37 heavy (non-hydrogen) atoms. The molecular formula is C30H34N2O5. The zero-order valence-electron chi connectivity index (χ0n) is 21.3. The summed E-state index contributed by atoms with van der Waals surface area (Å²) < 4.78 is 10.8. The zero-order valence-corrected chi connectivity index (χ0v) is 21.3. The summed E-state index contributed by atoms with van der Waals surface area (Å²) >= 11 is 0.